The highest BCUT2D eigenvalue weighted by Gasteiger charge is 2.40. The van der Waals surface area contributed by atoms with Crippen LogP contribution in [0.15, 0.2) is 18.2 Å². The predicted molar refractivity (Wildman–Crippen MR) is 43.1 cm³/mol. The van der Waals surface area contributed by atoms with Crippen LogP contribution in [0.5, 0.6) is 5.75 Å². The van der Waals surface area contributed by atoms with Crippen molar-refractivity contribution in [3.63, 3.8) is 0 Å². The minimum absolute atomic E-state index is 0.0482. The van der Waals surface area contributed by atoms with Gasteiger partial charge in [-0.05, 0) is 12.1 Å². The first kappa shape index (κ1) is 11.3. The lowest BCUT2D eigenvalue weighted by molar-refractivity contribution is -0.730. The van der Waals surface area contributed by atoms with Crippen LogP contribution >= 0.6 is 0 Å². The maximum absolute atomic E-state index is 12.4. The fourth-order valence-electron chi connectivity index (χ4n) is 1.04. The monoisotopic (exact) mass is 222 g/mol. The van der Waals surface area contributed by atoms with Crippen molar-refractivity contribution in [3.8, 4) is 5.75 Å². The lowest BCUT2D eigenvalue weighted by atomic mass is 10.1. The van der Waals surface area contributed by atoms with Crippen molar-refractivity contribution in [3.05, 3.63) is 28.7 Å². The third kappa shape index (κ3) is 2.36. The molecular weight excluding hydrogens is 215 g/mol. The van der Waals surface area contributed by atoms with Crippen LogP contribution in [0, 0.1) is 4.91 Å². The Morgan fingerprint density at radius 3 is 2.40 bits per heavy atom. The van der Waals surface area contributed by atoms with Crippen LogP contribution in [0.25, 0.3) is 0 Å². The van der Waals surface area contributed by atoms with Gasteiger partial charge in [-0.15, -0.1) is 0 Å². The zero-order valence-corrected chi connectivity index (χ0v) is 7.58. The lowest BCUT2D eigenvalue weighted by Gasteiger charge is -2.07. The lowest BCUT2D eigenvalue weighted by Crippen LogP contribution is -2.09. The number of hydrogen-bond donors (Lipinski definition) is 1. The minimum atomic E-state index is -4.73. The smallest absolute Gasteiger partial charge is 0.423 e. The summed E-state index contributed by atoms with van der Waals surface area (Å²) in [5.74, 6) is -0.0482. The molecule has 0 spiro atoms. The molecule has 7 heteroatoms. The third-order valence-electron chi connectivity index (χ3n) is 1.72. The van der Waals surface area contributed by atoms with Crippen LogP contribution in [0.1, 0.15) is 5.56 Å². The highest BCUT2D eigenvalue weighted by molar-refractivity contribution is 5.46. The van der Waals surface area contributed by atoms with E-state index in [1.807, 2.05) is 0 Å². The van der Waals surface area contributed by atoms with Gasteiger partial charge in [-0.2, -0.15) is 13.2 Å². The van der Waals surface area contributed by atoms with E-state index in [4.69, 9.17) is 5.21 Å². The molecule has 1 rings (SSSR count). The molecule has 0 aromatic heterocycles. The van der Waals surface area contributed by atoms with Crippen molar-refractivity contribution in [2.24, 2.45) is 0 Å². The molecule has 0 aliphatic heterocycles. The predicted octanol–water partition coefficient (Wildman–Crippen LogP) is 2.51. The van der Waals surface area contributed by atoms with E-state index in [1.54, 1.807) is 0 Å². The van der Waals surface area contributed by atoms with Gasteiger partial charge >= 0.3 is 11.9 Å². The molecule has 0 aliphatic rings. The molecule has 82 valence electrons. The summed E-state index contributed by atoms with van der Waals surface area (Å²) in [6, 6.07) is 2.61. The van der Waals surface area contributed by atoms with E-state index >= 15 is 0 Å². The molecule has 15 heavy (non-hydrogen) atoms. The second-order valence-corrected chi connectivity index (χ2v) is 2.65. The summed E-state index contributed by atoms with van der Waals surface area (Å²) in [4.78, 5) is 9.61. The summed E-state index contributed by atoms with van der Waals surface area (Å²) in [6.07, 6.45) is -4.73. The normalized spacial score (nSPS) is 11.2. The van der Waals surface area contributed by atoms with Gasteiger partial charge in [0.2, 0.25) is 0 Å². The Labute approximate surface area is 82.4 Å². The Bertz CT molecular complexity index is 389. The largest absolute Gasteiger partial charge is 0.497 e. The summed E-state index contributed by atoms with van der Waals surface area (Å²) >= 11 is 0. The topological polar surface area (TPSA) is 49.5 Å². The van der Waals surface area contributed by atoms with Gasteiger partial charge in [-0.3, -0.25) is 0 Å². The number of methoxy groups -OCH3 is 1. The molecule has 1 aromatic rings. The number of nitrogens with zero attached hydrogens (tertiary/aromatic N) is 1. The maximum atomic E-state index is 12.4. The molecule has 0 radical (unpaired) electrons. The summed E-state index contributed by atoms with van der Waals surface area (Å²) in [6.45, 7) is 0. The average molecular weight is 222 g/mol. The van der Waals surface area contributed by atoms with Crippen LogP contribution in [0.2, 0.25) is 0 Å². The molecule has 0 atom stereocenters. The molecule has 0 aliphatic carbocycles. The van der Waals surface area contributed by atoms with E-state index in [0.29, 0.717) is 6.07 Å². The fraction of sp³-hybridized carbons (Fsp3) is 0.250. The summed E-state index contributed by atoms with van der Waals surface area (Å²) in [5.41, 5.74) is -2.12. The summed E-state index contributed by atoms with van der Waals surface area (Å²) in [5, 5.41) is 8.47. The van der Waals surface area contributed by atoms with Crippen LogP contribution in [-0.2, 0) is 6.18 Å². The highest BCUT2D eigenvalue weighted by Crippen LogP contribution is 2.37. The molecule has 0 amide bonds. The zero-order valence-electron chi connectivity index (χ0n) is 7.58. The Hall–Kier alpha value is -1.79. The van der Waals surface area contributed by atoms with Crippen molar-refractivity contribution in [1.29, 1.82) is 0 Å². The van der Waals surface area contributed by atoms with Crippen LogP contribution in [0.3, 0.4) is 0 Å². The van der Waals surface area contributed by atoms with Gasteiger partial charge in [0, 0.05) is 6.07 Å². The van der Waals surface area contributed by atoms with Gasteiger partial charge in [0.25, 0.3) is 4.92 Å². The number of ether oxygens (including phenoxy) is 1. The van der Waals surface area contributed by atoms with Gasteiger partial charge in [0.15, 0.2) is 0 Å². The molecular formula is C8H7F3NO3+. The van der Waals surface area contributed by atoms with Crippen LogP contribution in [0.4, 0.5) is 18.9 Å². The van der Waals surface area contributed by atoms with Gasteiger partial charge < -0.3 is 4.74 Å². The Morgan fingerprint density at radius 2 is 2.00 bits per heavy atom. The molecule has 1 aromatic carbocycles. The van der Waals surface area contributed by atoms with Crippen molar-refractivity contribution in [1.82, 2.24) is 0 Å². The van der Waals surface area contributed by atoms with Gasteiger partial charge in [-0.25, -0.2) is 5.21 Å². The second-order valence-electron chi connectivity index (χ2n) is 2.65. The van der Waals surface area contributed by atoms with Crippen molar-refractivity contribution >= 4 is 5.69 Å². The van der Waals surface area contributed by atoms with Crippen molar-refractivity contribution in [2.75, 3.05) is 7.11 Å². The van der Waals surface area contributed by atoms with Crippen LogP contribution < -0.4 is 4.74 Å². The van der Waals surface area contributed by atoms with Gasteiger partial charge in [-0.1, -0.05) is 0 Å². The Morgan fingerprint density at radius 1 is 1.40 bits per heavy atom. The highest BCUT2D eigenvalue weighted by atomic mass is 19.4. The molecule has 1 N–H and O–H groups in total. The molecule has 0 bridgehead atoms. The molecule has 0 saturated heterocycles. The molecule has 4 nitrogen and oxygen atoms in total. The molecule has 0 saturated carbocycles. The minimum Gasteiger partial charge on any atom is -0.497 e. The van der Waals surface area contributed by atoms with Crippen LogP contribution in [-0.4, -0.2) is 17.2 Å². The van der Waals surface area contributed by atoms with Gasteiger partial charge in [0.1, 0.15) is 11.3 Å². The van der Waals surface area contributed by atoms with Gasteiger partial charge in [0.05, 0.1) is 12.0 Å². The standard InChI is InChI=1S/C8H7F3NO3/c1-15-5-2-3-7(12(13)14)6(4-5)8(9,10)11/h2-4H,1H3,(H,13,14)/q+1. The maximum Gasteiger partial charge on any atom is 0.423 e. The van der Waals surface area contributed by atoms with E-state index < -0.39 is 22.4 Å². The quantitative estimate of drug-likeness (QED) is 0.782. The first-order chi connectivity index (χ1) is 6.86. The van der Waals surface area contributed by atoms with E-state index in [1.165, 1.54) is 7.11 Å². The Balaban J connectivity index is 3.36. The van der Waals surface area contributed by atoms with E-state index in [2.05, 4.69) is 4.74 Å². The number of alkyl halides is 3. The molecule has 0 heterocycles. The van der Waals surface area contributed by atoms with E-state index in [0.717, 1.165) is 12.1 Å². The number of halogens is 3. The summed E-state index contributed by atoms with van der Waals surface area (Å²) < 4.78 is 41.8. The zero-order chi connectivity index (χ0) is 11.6. The second kappa shape index (κ2) is 3.76. The average Bonchev–Trinajstić information content (AvgIpc) is 2.15. The van der Waals surface area contributed by atoms with E-state index in [9.17, 15) is 18.1 Å². The first-order valence-corrected chi connectivity index (χ1v) is 3.77. The SMILES string of the molecule is COc1ccc([N+](=O)O)c(C(F)(F)F)c1. The molecule has 0 fully saturated rings. The fourth-order valence-corrected chi connectivity index (χ4v) is 1.04. The van der Waals surface area contributed by atoms with E-state index in [-0.39, 0.29) is 5.75 Å². The van der Waals surface area contributed by atoms with Crippen molar-refractivity contribution in [2.45, 2.75) is 6.18 Å². The molecule has 0 unspecified atom stereocenters. The summed E-state index contributed by atoms with van der Waals surface area (Å²) in [7, 11) is 1.20. The number of rotatable bonds is 2. The van der Waals surface area contributed by atoms with Crippen molar-refractivity contribution < 1.29 is 28.0 Å². The number of benzene rings is 1. The third-order valence-corrected chi connectivity index (χ3v) is 1.72. The number of hydrogen-bond acceptors (Lipinski definition) is 2. The Kier molecular flexibility index (Phi) is 2.83. The first-order valence-electron chi connectivity index (χ1n) is 3.77.